The average molecular weight is 558 g/mol. The summed E-state index contributed by atoms with van der Waals surface area (Å²) in [5.41, 5.74) is 7.24. The van der Waals surface area contributed by atoms with E-state index in [4.69, 9.17) is 21.5 Å². The van der Waals surface area contributed by atoms with Gasteiger partial charge in [-0.25, -0.2) is 9.11 Å². The molecule has 3 unspecified atom stereocenters. The number of nitrogens with one attached hydrogen (secondary N) is 1. The summed E-state index contributed by atoms with van der Waals surface area (Å²) in [4.78, 5) is 47.1. The first kappa shape index (κ1) is 27.9. The maximum atomic E-state index is 14.2. The topological polar surface area (TPSA) is 223 Å². The lowest BCUT2D eigenvalue weighted by Gasteiger charge is -2.27. The highest BCUT2D eigenvalue weighted by molar-refractivity contribution is 7.90. The van der Waals surface area contributed by atoms with E-state index in [1.807, 2.05) is 4.98 Å². The molecule has 0 saturated carbocycles. The molecular weight excluding hydrogens is 541 g/mol. The number of aromatic amines is 1. The number of alkyl halides is 2. The first-order chi connectivity index (χ1) is 14.9. The largest absolute Gasteiger partial charge is 0.444 e. The van der Waals surface area contributed by atoms with Crippen LogP contribution >= 0.6 is 33.2 Å². The first-order valence-corrected chi connectivity index (χ1v) is 14.7. The molecule has 3 N–H and O–H groups in total. The number of halogens is 3. The number of aryl methyl sites for hydroxylation is 1. The van der Waals surface area contributed by atoms with Gasteiger partial charge < -0.3 is 19.0 Å². The van der Waals surface area contributed by atoms with Gasteiger partial charge in [-0.05, 0) is 23.7 Å². The SMILES string of the molecule is Cc1cn([C@H]2C[C@@H](N=[N+]=[N-])[C@@H](COP(=O)(O)C(F)(F)P(=O)(O)OP(C)(=O)Cl)O2)c(=O)[nH]c1=O. The number of azide groups is 1. The Morgan fingerprint density at radius 1 is 1.39 bits per heavy atom. The Bertz CT molecular complexity index is 1230. The van der Waals surface area contributed by atoms with Crippen molar-refractivity contribution in [1.82, 2.24) is 9.55 Å². The van der Waals surface area contributed by atoms with Crippen molar-refractivity contribution >= 4 is 33.2 Å². The van der Waals surface area contributed by atoms with Gasteiger partial charge in [0.25, 0.3) is 12.3 Å². The highest BCUT2D eigenvalue weighted by atomic mass is 35.7. The second kappa shape index (κ2) is 9.71. The van der Waals surface area contributed by atoms with E-state index in [0.717, 1.165) is 10.8 Å². The molecule has 33 heavy (non-hydrogen) atoms. The van der Waals surface area contributed by atoms with Crippen LogP contribution in [0, 0.1) is 6.92 Å². The molecule has 0 radical (unpaired) electrons. The number of ether oxygens (including phenoxy) is 1. The van der Waals surface area contributed by atoms with Crippen molar-refractivity contribution in [3.8, 4) is 0 Å². The number of H-pyrrole nitrogens is 1. The van der Waals surface area contributed by atoms with Gasteiger partial charge >= 0.3 is 26.3 Å². The van der Waals surface area contributed by atoms with E-state index in [9.17, 15) is 41.9 Å². The molecule has 0 aliphatic carbocycles. The monoisotopic (exact) mass is 557 g/mol. The Morgan fingerprint density at radius 2 is 2.00 bits per heavy atom. The average Bonchev–Trinajstić information content (AvgIpc) is 3.04. The summed E-state index contributed by atoms with van der Waals surface area (Å²) < 4.78 is 77.9. The molecule has 2 rings (SSSR count). The summed E-state index contributed by atoms with van der Waals surface area (Å²) in [6.07, 6.45) is -1.75. The van der Waals surface area contributed by atoms with Crippen molar-refractivity contribution < 1.29 is 45.8 Å². The number of aromatic nitrogens is 2. The summed E-state index contributed by atoms with van der Waals surface area (Å²) in [5, 5.41) is -2.09. The van der Waals surface area contributed by atoms with Crippen LogP contribution in [0.2, 0.25) is 0 Å². The fourth-order valence-corrected chi connectivity index (χ4v) is 7.69. The molecule has 186 valence electrons. The van der Waals surface area contributed by atoms with Gasteiger partial charge in [-0.3, -0.25) is 28.0 Å². The van der Waals surface area contributed by atoms with Crippen molar-refractivity contribution in [1.29, 1.82) is 0 Å². The highest BCUT2D eigenvalue weighted by Crippen LogP contribution is 2.79. The Kier molecular flexibility index (Phi) is 8.20. The third-order valence-corrected chi connectivity index (χ3v) is 10.2. The van der Waals surface area contributed by atoms with Crippen LogP contribution in [0.5, 0.6) is 0 Å². The Labute approximate surface area is 187 Å². The molecule has 0 spiro atoms. The summed E-state index contributed by atoms with van der Waals surface area (Å²) in [6, 6.07) is -1.19. The van der Waals surface area contributed by atoms with E-state index < -0.39 is 63.5 Å². The third-order valence-electron chi connectivity index (χ3n) is 4.21. The third kappa shape index (κ3) is 6.20. The summed E-state index contributed by atoms with van der Waals surface area (Å²) in [6.45, 7) is -3.79. The van der Waals surface area contributed by atoms with Gasteiger partial charge in [-0.1, -0.05) is 5.11 Å². The number of hydrogen-bond acceptors (Lipinski definition) is 9. The summed E-state index contributed by atoms with van der Waals surface area (Å²) in [7, 11) is -12.7. The molecule has 0 amide bonds. The molecule has 6 atom stereocenters. The van der Waals surface area contributed by atoms with Gasteiger partial charge in [0.15, 0.2) is 0 Å². The fraction of sp³-hybridized carbons (Fsp3) is 0.667. The predicted molar refractivity (Wildman–Crippen MR) is 109 cm³/mol. The van der Waals surface area contributed by atoms with Gasteiger partial charge in [0.1, 0.15) is 6.23 Å². The van der Waals surface area contributed by atoms with Gasteiger partial charge in [0, 0.05) is 29.8 Å². The Morgan fingerprint density at radius 3 is 2.55 bits per heavy atom. The predicted octanol–water partition coefficient (Wildman–Crippen LogP) is 2.83. The van der Waals surface area contributed by atoms with E-state index >= 15 is 0 Å². The van der Waals surface area contributed by atoms with Crippen LogP contribution in [0.15, 0.2) is 20.9 Å². The van der Waals surface area contributed by atoms with E-state index in [2.05, 4.69) is 18.9 Å². The molecule has 21 heteroatoms. The van der Waals surface area contributed by atoms with Gasteiger partial charge in [0.2, 0.25) is 0 Å². The van der Waals surface area contributed by atoms with E-state index in [1.54, 1.807) is 0 Å². The lowest BCUT2D eigenvalue weighted by atomic mass is 10.1. The summed E-state index contributed by atoms with van der Waals surface area (Å²) in [5.74, 6) is 0. The zero-order valence-electron chi connectivity index (χ0n) is 16.6. The quantitative estimate of drug-likeness (QED) is 0.174. The van der Waals surface area contributed by atoms with Crippen molar-refractivity contribution in [3.63, 3.8) is 0 Å². The molecule has 0 aromatic carbocycles. The molecule has 1 aliphatic heterocycles. The first-order valence-electron chi connectivity index (χ1n) is 8.60. The van der Waals surface area contributed by atoms with Crippen molar-refractivity contribution in [2.24, 2.45) is 5.11 Å². The van der Waals surface area contributed by atoms with Crippen LogP contribution in [-0.2, 0) is 27.3 Å². The maximum Gasteiger partial charge on any atom is 0.444 e. The van der Waals surface area contributed by atoms with Crippen molar-refractivity contribution in [2.45, 2.75) is 37.1 Å². The van der Waals surface area contributed by atoms with Crippen LogP contribution in [-0.4, -0.2) is 50.2 Å². The van der Waals surface area contributed by atoms with Gasteiger partial charge in [-0.15, -0.1) is 0 Å². The minimum atomic E-state index is -6.37. The maximum absolute atomic E-state index is 14.2. The molecule has 0 bridgehead atoms. The number of rotatable bonds is 9. The van der Waals surface area contributed by atoms with Gasteiger partial charge in [0.05, 0.1) is 18.8 Å². The molecule has 1 saturated heterocycles. The minimum Gasteiger partial charge on any atom is -0.352 e. The van der Waals surface area contributed by atoms with Crippen LogP contribution in [0.3, 0.4) is 0 Å². The lowest BCUT2D eigenvalue weighted by Crippen LogP contribution is -2.33. The minimum absolute atomic E-state index is 0.115. The van der Waals surface area contributed by atoms with Crippen LogP contribution in [0.25, 0.3) is 10.4 Å². The lowest BCUT2D eigenvalue weighted by molar-refractivity contribution is -0.0276. The number of hydrogen-bond donors (Lipinski definition) is 3. The zero-order chi connectivity index (χ0) is 25.4. The second-order valence-corrected chi connectivity index (χ2v) is 14.6. The van der Waals surface area contributed by atoms with Crippen LogP contribution in [0.1, 0.15) is 18.2 Å². The number of nitrogens with zero attached hydrogens (tertiary/aromatic N) is 4. The Hall–Kier alpha value is -1.37. The summed E-state index contributed by atoms with van der Waals surface area (Å²) >= 11 is 5.06. The normalized spacial score (nSPS) is 26.6. The molecule has 1 aliphatic rings. The second-order valence-electron chi connectivity index (χ2n) is 6.79. The van der Waals surface area contributed by atoms with Gasteiger partial charge in [-0.2, -0.15) is 8.78 Å². The zero-order valence-corrected chi connectivity index (χ0v) is 20.1. The van der Waals surface area contributed by atoms with E-state index in [1.165, 1.54) is 6.92 Å². The molecule has 1 aromatic heterocycles. The van der Waals surface area contributed by atoms with E-state index in [0.29, 0.717) is 6.66 Å². The van der Waals surface area contributed by atoms with Crippen molar-refractivity contribution in [2.75, 3.05) is 13.3 Å². The standard InChI is InChI=1S/C12H17ClF2N5O10P3/c1-6-4-20(11(22)17-10(6)21)9-3-7(18-19-16)8(29-9)5-28-32(24,25)12(14,15)33(26,27)30-31(2,13)23/h4,7-9H,3,5H2,1-2H3,(H,24,25)(H,26,27)(H,17,21,22)/t7-,8-,9-,31?/m1/s1. The van der Waals surface area contributed by atoms with Crippen LogP contribution in [0.4, 0.5) is 8.78 Å². The molecular formula is C12H17ClF2N5O10P3. The fourth-order valence-electron chi connectivity index (χ4n) is 2.68. The molecule has 1 aromatic rings. The van der Waals surface area contributed by atoms with Crippen LogP contribution < -0.4 is 11.2 Å². The van der Waals surface area contributed by atoms with Crippen molar-refractivity contribution in [3.05, 3.63) is 43.0 Å². The molecule has 1 fully saturated rings. The molecule has 15 nitrogen and oxygen atoms in total. The molecule has 2 heterocycles. The Balaban J connectivity index is 2.25. The smallest absolute Gasteiger partial charge is 0.352 e. The highest BCUT2D eigenvalue weighted by Gasteiger charge is 2.67. The van der Waals surface area contributed by atoms with E-state index in [-0.39, 0.29) is 12.0 Å².